The number of rotatable bonds is 12. The van der Waals surface area contributed by atoms with E-state index < -0.39 is 11.9 Å². The van der Waals surface area contributed by atoms with Crippen molar-refractivity contribution in [3.05, 3.63) is 57.6 Å². The number of hydrogen-bond acceptors (Lipinski definition) is 7. The maximum Gasteiger partial charge on any atom is 0.303 e. The maximum absolute atomic E-state index is 12.5. The van der Waals surface area contributed by atoms with Gasteiger partial charge in [0.15, 0.2) is 0 Å². The normalized spacial score (nSPS) is 13.8. The van der Waals surface area contributed by atoms with E-state index in [0.29, 0.717) is 39.3 Å². The molecule has 40 heavy (non-hydrogen) atoms. The molecule has 0 radical (unpaired) electrons. The number of benzene rings is 2. The summed E-state index contributed by atoms with van der Waals surface area (Å²) in [7, 11) is 5.22. The summed E-state index contributed by atoms with van der Waals surface area (Å²) in [6.07, 6.45) is -0.410. The quantitative estimate of drug-likeness (QED) is 0.406. The van der Waals surface area contributed by atoms with Crippen LogP contribution in [0.5, 0.6) is 11.5 Å². The van der Waals surface area contributed by atoms with E-state index in [0.717, 1.165) is 44.9 Å². The molecule has 2 N–H and O–H groups in total. The molecule has 214 valence electrons. The second-order valence-electron chi connectivity index (χ2n) is 10.3. The van der Waals surface area contributed by atoms with Crippen LogP contribution in [0.3, 0.4) is 0 Å². The Balaban J connectivity index is 1.44. The highest BCUT2D eigenvalue weighted by atomic mass is 16.5. The molecule has 2 amide bonds. The monoisotopic (exact) mass is 553 g/mol. The molecule has 11 nitrogen and oxygen atoms in total. The molecule has 2 aliphatic rings. The molecule has 0 spiro atoms. The molecule has 11 heteroatoms. The SMILES string of the molecule is COc1cc2c(cc1CN(C)Cc1cc3c(cc1OC)CN(C(=O)CCC(=O)O)C3)CN(C(=O)CCC(=O)O)C2. The van der Waals surface area contributed by atoms with E-state index in [1.54, 1.807) is 24.0 Å². The van der Waals surface area contributed by atoms with E-state index in [1.807, 2.05) is 19.2 Å². The molecular formula is C29H35N3O8. The topological polar surface area (TPSA) is 137 Å². The van der Waals surface area contributed by atoms with Crippen molar-refractivity contribution in [3.63, 3.8) is 0 Å². The molecule has 2 heterocycles. The van der Waals surface area contributed by atoms with E-state index in [1.165, 1.54) is 0 Å². The predicted molar refractivity (Wildman–Crippen MR) is 143 cm³/mol. The minimum absolute atomic E-state index is 0.0209. The number of methoxy groups -OCH3 is 2. The minimum Gasteiger partial charge on any atom is -0.496 e. The molecule has 0 unspecified atom stereocenters. The van der Waals surface area contributed by atoms with Gasteiger partial charge in [-0.05, 0) is 53.6 Å². The fraction of sp³-hybridized carbons (Fsp3) is 0.448. The van der Waals surface area contributed by atoms with Gasteiger partial charge in [0.2, 0.25) is 11.8 Å². The first kappa shape index (κ1) is 28.9. The third-order valence-corrected chi connectivity index (χ3v) is 7.34. The summed E-state index contributed by atoms with van der Waals surface area (Å²) < 4.78 is 11.3. The molecule has 0 atom stereocenters. The van der Waals surface area contributed by atoms with Gasteiger partial charge in [-0.1, -0.05) is 0 Å². The third kappa shape index (κ3) is 6.71. The number of carboxylic acids is 2. The molecule has 2 aromatic carbocycles. The van der Waals surface area contributed by atoms with Crippen molar-refractivity contribution in [1.82, 2.24) is 14.7 Å². The second kappa shape index (κ2) is 12.4. The van der Waals surface area contributed by atoms with Crippen molar-refractivity contribution in [2.24, 2.45) is 0 Å². The molecule has 2 aromatic rings. The lowest BCUT2D eigenvalue weighted by atomic mass is 10.0. The van der Waals surface area contributed by atoms with E-state index in [9.17, 15) is 19.2 Å². The number of fused-ring (bicyclic) bond motifs is 2. The van der Waals surface area contributed by atoms with Crippen LogP contribution < -0.4 is 9.47 Å². The van der Waals surface area contributed by atoms with Crippen molar-refractivity contribution < 1.29 is 38.9 Å². The summed E-state index contributed by atoms with van der Waals surface area (Å²) in [6, 6.07) is 8.01. The Morgan fingerprint density at radius 3 is 1.35 bits per heavy atom. The number of amides is 2. The fourth-order valence-electron chi connectivity index (χ4n) is 5.32. The Morgan fingerprint density at radius 1 is 0.675 bits per heavy atom. The standard InChI is InChI=1S/C29H35N3O8/c1-30(12-22-8-18-14-31(26(33)4-6-28(35)36)16-20(18)10-24(22)39-2)13-23-9-19-15-32(27(34)5-7-29(37)38)17-21(19)11-25(23)40-3/h8-11H,4-7,12-17H2,1-3H3,(H,35,36)(H,37,38). The zero-order valence-electron chi connectivity index (χ0n) is 23.1. The number of hydrogen-bond donors (Lipinski definition) is 2. The van der Waals surface area contributed by atoms with Crippen LogP contribution in [0.25, 0.3) is 0 Å². The smallest absolute Gasteiger partial charge is 0.303 e. The van der Waals surface area contributed by atoms with Crippen molar-refractivity contribution in [3.8, 4) is 11.5 Å². The Kier molecular flexibility index (Phi) is 8.93. The Hall–Kier alpha value is -4.12. The van der Waals surface area contributed by atoms with Crippen molar-refractivity contribution in [1.29, 1.82) is 0 Å². The highest BCUT2D eigenvalue weighted by Crippen LogP contribution is 2.34. The van der Waals surface area contributed by atoms with Crippen LogP contribution in [-0.4, -0.2) is 69.9 Å². The van der Waals surface area contributed by atoms with Gasteiger partial charge in [0, 0.05) is 63.2 Å². The third-order valence-electron chi connectivity index (χ3n) is 7.34. The van der Waals surface area contributed by atoms with E-state index in [4.69, 9.17) is 19.7 Å². The average molecular weight is 554 g/mol. The van der Waals surface area contributed by atoms with E-state index in [2.05, 4.69) is 17.0 Å². The Morgan fingerprint density at radius 2 is 1.02 bits per heavy atom. The van der Waals surface area contributed by atoms with E-state index in [-0.39, 0.29) is 37.5 Å². The molecular weight excluding hydrogens is 518 g/mol. The van der Waals surface area contributed by atoms with Crippen molar-refractivity contribution in [2.45, 2.75) is 65.0 Å². The molecule has 0 aromatic heterocycles. The predicted octanol–water partition coefficient (Wildman–Crippen LogP) is 2.75. The van der Waals surface area contributed by atoms with Crippen molar-refractivity contribution >= 4 is 23.8 Å². The van der Waals surface area contributed by atoms with Crippen LogP contribution in [0, 0.1) is 0 Å². The van der Waals surface area contributed by atoms with Crippen LogP contribution in [0.2, 0.25) is 0 Å². The number of ether oxygens (including phenoxy) is 2. The molecule has 0 saturated heterocycles. The molecule has 0 aliphatic carbocycles. The first-order valence-electron chi connectivity index (χ1n) is 13.1. The first-order valence-corrected chi connectivity index (χ1v) is 13.1. The van der Waals surface area contributed by atoms with Gasteiger partial charge in [-0.2, -0.15) is 0 Å². The number of carboxylic acid groups (broad SMARTS) is 2. The van der Waals surface area contributed by atoms with Gasteiger partial charge in [0.05, 0.1) is 27.1 Å². The molecule has 4 rings (SSSR count). The molecule has 0 saturated carbocycles. The van der Waals surface area contributed by atoms with Crippen LogP contribution in [-0.2, 0) is 58.4 Å². The van der Waals surface area contributed by atoms with Crippen LogP contribution in [0.15, 0.2) is 24.3 Å². The lowest BCUT2D eigenvalue weighted by Gasteiger charge is -2.21. The number of carbonyl (C=O) groups is 4. The molecule has 2 aliphatic heterocycles. The van der Waals surface area contributed by atoms with Gasteiger partial charge in [-0.25, -0.2) is 0 Å². The summed E-state index contributed by atoms with van der Waals surface area (Å²) in [6.45, 7) is 2.89. The van der Waals surface area contributed by atoms with Crippen LogP contribution >= 0.6 is 0 Å². The van der Waals surface area contributed by atoms with Gasteiger partial charge in [-0.15, -0.1) is 0 Å². The zero-order chi connectivity index (χ0) is 29.0. The van der Waals surface area contributed by atoms with Gasteiger partial charge in [0.1, 0.15) is 11.5 Å². The summed E-state index contributed by atoms with van der Waals surface area (Å²) in [5.41, 5.74) is 5.98. The lowest BCUT2D eigenvalue weighted by Crippen LogP contribution is -2.25. The Labute approximate surface area is 232 Å². The summed E-state index contributed by atoms with van der Waals surface area (Å²) in [5.74, 6) is -0.884. The van der Waals surface area contributed by atoms with Crippen molar-refractivity contribution in [2.75, 3.05) is 21.3 Å². The fourth-order valence-corrected chi connectivity index (χ4v) is 5.32. The van der Waals surface area contributed by atoms with Crippen LogP contribution in [0.4, 0.5) is 0 Å². The highest BCUT2D eigenvalue weighted by Gasteiger charge is 2.27. The first-order chi connectivity index (χ1) is 19.1. The maximum atomic E-state index is 12.5. The molecule has 0 fully saturated rings. The lowest BCUT2D eigenvalue weighted by molar-refractivity contribution is -0.141. The van der Waals surface area contributed by atoms with Gasteiger partial charge in [-0.3, -0.25) is 24.1 Å². The number of carbonyl (C=O) groups excluding carboxylic acids is 2. The second-order valence-corrected chi connectivity index (χ2v) is 10.3. The van der Waals surface area contributed by atoms with Gasteiger partial charge < -0.3 is 29.5 Å². The average Bonchev–Trinajstić information content (AvgIpc) is 3.52. The number of aliphatic carboxylic acids is 2. The minimum atomic E-state index is -0.987. The van der Waals surface area contributed by atoms with E-state index >= 15 is 0 Å². The summed E-state index contributed by atoms with van der Waals surface area (Å²) in [4.78, 5) is 52.1. The zero-order valence-corrected chi connectivity index (χ0v) is 23.1. The summed E-state index contributed by atoms with van der Waals surface area (Å²) in [5, 5.41) is 17.8. The van der Waals surface area contributed by atoms with Gasteiger partial charge in [0.25, 0.3) is 0 Å². The van der Waals surface area contributed by atoms with Crippen LogP contribution in [0.1, 0.15) is 59.1 Å². The molecule has 0 bridgehead atoms. The summed E-state index contributed by atoms with van der Waals surface area (Å²) >= 11 is 0. The Bertz CT molecular complexity index is 1230. The highest BCUT2D eigenvalue weighted by molar-refractivity contribution is 5.82. The number of nitrogens with zero attached hydrogens (tertiary/aromatic N) is 3. The van der Waals surface area contributed by atoms with Gasteiger partial charge >= 0.3 is 11.9 Å². The largest absolute Gasteiger partial charge is 0.496 e.